The average molecular weight is 535 g/mol. The predicted molar refractivity (Wildman–Crippen MR) is 145 cm³/mol. The predicted octanol–water partition coefficient (Wildman–Crippen LogP) is 3.64. The zero-order valence-corrected chi connectivity index (χ0v) is 22.4. The number of hydrogen-bond acceptors (Lipinski definition) is 7. The van der Waals surface area contributed by atoms with E-state index in [9.17, 15) is 14.4 Å². The van der Waals surface area contributed by atoms with Crippen LogP contribution in [0.25, 0.3) is 6.08 Å². The van der Waals surface area contributed by atoms with Crippen LogP contribution in [0.1, 0.15) is 55.1 Å². The number of nitrogens with two attached hydrogens (primary N) is 1. The Bertz CT molecular complexity index is 1240. The Hall–Kier alpha value is -4.52. The third kappa shape index (κ3) is 9.38. The Kier molecular flexibility index (Phi) is 9.92. The first-order chi connectivity index (χ1) is 18.5. The summed E-state index contributed by atoms with van der Waals surface area (Å²) in [5.41, 5.74) is 6.09. The standard InChI is InChI=1S/C29H34N4O6/c1-29(2,3)39-28(36)33-15-12-24(13-16-33)38-23-9-6-22(7-10-23)27(35)32-14-17-37-25-18-20(19-30)4-5-21(25)8-11-26(31)34/h4-11,18,24H,12-17H2,1-3H3,(H2,31,34)(H,32,35). The molecule has 0 radical (unpaired) electrons. The topological polar surface area (TPSA) is 144 Å². The van der Waals surface area contributed by atoms with Gasteiger partial charge in [0.05, 0.1) is 18.2 Å². The maximum absolute atomic E-state index is 12.5. The molecule has 2 aromatic rings. The fourth-order valence-electron chi connectivity index (χ4n) is 3.83. The molecule has 0 aliphatic carbocycles. The maximum atomic E-state index is 12.5. The number of nitrogens with zero attached hydrogens (tertiary/aromatic N) is 2. The van der Waals surface area contributed by atoms with Crippen LogP contribution >= 0.6 is 0 Å². The summed E-state index contributed by atoms with van der Waals surface area (Å²) in [6.45, 7) is 7.04. The van der Waals surface area contributed by atoms with Crippen molar-refractivity contribution in [3.05, 3.63) is 65.2 Å². The Morgan fingerprint density at radius 2 is 1.82 bits per heavy atom. The molecule has 3 N–H and O–H groups in total. The van der Waals surface area contributed by atoms with E-state index in [1.807, 2.05) is 26.8 Å². The number of hydrogen-bond donors (Lipinski definition) is 2. The molecule has 1 heterocycles. The van der Waals surface area contributed by atoms with Crippen molar-refractivity contribution in [1.82, 2.24) is 10.2 Å². The van der Waals surface area contributed by atoms with E-state index in [0.717, 1.165) is 0 Å². The summed E-state index contributed by atoms with van der Waals surface area (Å²) in [6.07, 6.45) is 3.76. The van der Waals surface area contributed by atoms with Crippen molar-refractivity contribution in [1.29, 1.82) is 5.26 Å². The first kappa shape index (κ1) is 29.0. The van der Waals surface area contributed by atoms with Crippen molar-refractivity contribution >= 4 is 24.0 Å². The van der Waals surface area contributed by atoms with Gasteiger partial charge in [-0.05, 0) is 69.3 Å². The second-order valence-corrected chi connectivity index (χ2v) is 10.0. The highest BCUT2D eigenvalue weighted by Crippen LogP contribution is 2.23. The summed E-state index contributed by atoms with van der Waals surface area (Å²) in [5, 5.41) is 11.9. The molecule has 0 bridgehead atoms. The summed E-state index contributed by atoms with van der Waals surface area (Å²) >= 11 is 0. The number of carbonyl (C=O) groups excluding carboxylic acids is 3. The molecule has 0 saturated carbocycles. The minimum absolute atomic E-state index is 0.0252. The Labute approximate surface area is 228 Å². The average Bonchev–Trinajstić information content (AvgIpc) is 2.89. The van der Waals surface area contributed by atoms with Gasteiger partial charge >= 0.3 is 6.09 Å². The number of rotatable bonds is 9. The van der Waals surface area contributed by atoms with Gasteiger partial charge in [0.25, 0.3) is 5.91 Å². The van der Waals surface area contributed by atoms with Crippen LogP contribution in [0.4, 0.5) is 4.79 Å². The highest BCUT2D eigenvalue weighted by Gasteiger charge is 2.27. The van der Waals surface area contributed by atoms with E-state index in [1.54, 1.807) is 47.4 Å². The van der Waals surface area contributed by atoms with Gasteiger partial charge in [-0.15, -0.1) is 0 Å². The van der Waals surface area contributed by atoms with Crippen molar-refractivity contribution in [3.63, 3.8) is 0 Å². The molecule has 3 rings (SSSR count). The van der Waals surface area contributed by atoms with Crippen molar-refractivity contribution in [3.8, 4) is 17.6 Å². The SMILES string of the molecule is CC(C)(C)OC(=O)N1CCC(Oc2ccc(C(=O)NCCOc3cc(C#N)ccc3C=CC(N)=O)cc2)CC1. The number of carbonyl (C=O) groups is 3. The van der Waals surface area contributed by atoms with Gasteiger partial charge in [0, 0.05) is 43.1 Å². The molecule has 0 atom stereocenters. The molecule has 206 valence electrons. The number of likely N-dealkylation sites (tertiary alicyclic amines) is 1. The number of nitriles is 1. The van der Waals surface area contributed by atoms with E-state index in [0.29, 0.717) is 54.1 Å². The molecule has 2 aromatic carbocycles. The lowest BCUT2D eigenvalue weighted by Gasteiger charge is -2.33. The van der Waals surface area contributed by atoms with E-state index in [2.05, 4.69) is 5.32 Å². The lowest BCUT2D eigenvalue weighted by atomic mass is 10.1. The molecule has 10 heteroatoms. The lowest BCUT2D eigenvalue weighted by Crippen LogP contribution is -2.44. The van der Waals surface area contributed by atoms with Crippen LogP contribution in [0.15, 0.2) is 48.5 Å². The van der Waals surface area contributed by atoms with E-state index in [1.165, 1.54) is 12.2 Å². The molecule has 1 aliphatic rings. The van der Waals surface area contributed by atoms with Gasteiger partial charge in [-0.2, -0.15) is 5.26 Å². The van der Waals surface area contributed by atoms with E-state index in [4.69, 9.17) is 25.2 Å². The first-order valence-corrected chi connectivity index (χ1v) is 12.7. The van der Waals surface area contributed by atoms with Crippen molar-refractivity contribution in [2.75, 3.05) is 26.2 Å². The first-order valence-electron chi connectivity index (χ1n) is 12.7. The van der Waals surface area contributed by atoms with Gasteiger partial charge in [-0.3, -0.25) is 9.59 Å². The van der Waals surface area contributed by atoms with Gasteiger partial charge in [0.2, 0.25) is 5.91 Å². The van der Waals surface area contributed by atoms with Gasteiger partial charge in [-0.25, -0.2) is 4.79 Å². The summed E-state index contributed by atoms with van der Waals surface area (Å²) < 4.78 is 17.2. The molecular formula is C29H34N4O6. The quantitative estimate of drug-likeness (QED) is 0.369. The van der Waals surface area contributed by atoms with Crippen molar-refractivity contribution in [2.45, 2.75) is 45.3 Å². The molecule has 3 amide bonds. The molecule has 1 fully saturated rings. The van der Waals surface area contributed by atoms with E-state index in [-0.39, 0.29) is 31.3 Å². The Morgan fingerprint density at radius 1 is 1.13 bits per heavy atom. The molecule has 0 aromatic heterocycles. The number of benzene rings is 2. The van der Waals surface area contributed by atoms with E-state index < -0.39 is 11.5 Å². The summed E-state index contributed by atoms with van der Waals surface area (Å²) in [7, 11) is 0. The zero-order chi connectivity index (χ0) is 28.4. The maximum Gasteiger partial charge on any atom is 0.410 e. The molecule has 0 unspecified atom stereocenters. The molecule has 1 aliphatic heterocycles. The van der Waals surface area contributed by atoms with Gasteiger partial charge in [0.15, 0.2) is 0 Å². The van der Waals surface area contributed by atoms with Crippen LogP contribution in [0.5, 0.6) is 11.5 Å². The smallest absolute Gasteiger partial charge is 0.410 e. The highest BCUT2D eigenvalue weighted by atomic mass is 16.6. The van der Waals surface area contributed by atoms with Crippen LogP contribution in [-0.2, 0) is 9.53 Å². The molecule has 10 nitrogen and oxygen atoms in total. The summed E-state index contributed by atoms with van der Waals surface area (Å²) in [4.78, 5) is 37.5. The Balaban J connectivity index is 1.44. The zero-order valence-electron chi connectivity index (χ0n) is 22.4. The second-order valence-electron chi connectivity index (χ2n) is 10.0. The van der Waals surface area contributed by atoms with Crippen molar-refractivity contribution in [2.24, 2.45) is 5.73 Å². The number of piperidine rings is 1. The van der Waals surface area contributed by atoms with Gasteiger partial charge in [-0.1, -0.05) is 0 Å². The highest BCUT2D eigenvalue weighted by molar-refractivity contribution is 5.94. The summed E-state index contributed by atoms with van der Waals surface area (Å²) in [6, 6.07) is 13.7. The fourth-order valence-corrected chi connectivity index (χ4v) is 3.83. The number of primary amides is 1. The third-order valence-corrected chi connectivity index (χ3v) is 5.73. The van der Waals surface area contributed by atoms with Gasteiger partial charge in [0.1, 0.15) is 29.8 Å². The lowest BCUT2D eigenvalue weighted by molar-refractivity contribution is -0.113. The molecule has 39 heavy (non-hydrogen) atoms. The van der Waals surface area contributed by atoms with Crippen LogP contribution in [0.2, 0.25) is 0 Å². The second kappa shape index (κ2) is 13.3. The summed E-state index contributed by atoms with van der Waals surface area (Å²) in [5.74, 6) is 0.187. The number of nitrogens with one attached hydrogen (secondary N) is 1. The van der Waals surface area contributed by atoms with Gasteiger partial charge < -0.3 is 30.2 Å². The number of ether oxygens (including phenoxy) is 3. The normalized spacial score (nSPS) is 13.9. The molecular weight excluding hydrogens is 500 g/mol. The van der Waals surface area contributed by atoms with Crippen LogP contribution in [0, 0.1) is 11.3 Å². The molecule has 1 saturated heterocycles. The number of amides is 3. The fraction of sp³-hybridized carbons (Fsp3) is 0.379. The van der Waals surface area contributed by atoms with Crippen LogP contribution in [-0.4, -0.2) is 60.8 Å². The minimum Gasteiger partial charge on any atom is -0.491 e. The molecule has 0 spiro atoms. The monoisotopic (exact) mass is 534 g/mol. The van der Waals surface area contributed by atoms with Crippen LogP contribution in [0.3, 0.4) is 0 Å². The van der Waals surface area contributed by atoms with Crippen molar-refractivity contribution < 1.29 is 28.6 Å². The van der Waals surface area contributed by atoms with E-state index >= 15 is 0 Å². The van der Waals surface area contributed by atoms with Crippen LogP contribution < -0.4 is 20.5 Å². The Morgan fingerprint density at radius 3 is 2.44 bits per heavy atom. The largest absolute Gasteiger partial charge is 0.491 e. The minimum atomic E-state index is -0.599. The third-order valence-electron chi connectivity index (χ3n) is 5.73.